The highest BCUT2D eigenvalue weighted by Crippen LogP contribution is 2.26. The molecule has 0 bridgehead atoms. The van der Waals surface area contributed by atoms with Gasteiger partial charge in [-0.1, -0.05) is 0 Å². The Labute approximate surface area is 146 Å². The van der Waals surface area contributed by atoms with E-state index in [9.17, 15) is 4.79 Å². The number of urea groups is 1. The number of anilines is 1. The molecule has 2 N–H and O–H groups in total. The molecule has 0 aliphatic rings. The molecule has 2 aromatic rings. The van der Waals surface area contributed by atoms with Crippen LogP contribution in [-0.4, -0.2) is 12.1 Å². The first-order valence-corrected chi connectivity index (χ1v) is 7.75. The fourth-order valence-electron chi connectivity index (χ4n) is 2.14. The molecule has 6 nitrogen and oxygen atoms in total. The lowest BCUT2D eigenvalue weighted by molar-refractivity contribution is 0.249. The van der Waals surface area contributed by atoms with Crippen molar-refractivity contribution >= 4 is 11.7 Å². The van der Waals surface area contributed by atoms with E-state index in [-0.39, 0.29) is 18.5 Å². The van der Waals surface area contributed by atoms with Crippen molar-refractivity contribution in [3.8, 4) is 23.6 Å². The van der Waals surface area contributed by atoms with E-state index in [1.54, 1.807) is 43.3 Å². The average Bonchev–Trinajstić information content (AvgIpc) is 2.58. The molecule has 0 aliphatic heterocycles. The number of ether oxygens (including phenoxy) is 1. The summed E-state index contributed by atoms with van der Waals surface area (Å²) in [5.41, 5.74) is 2.07. The fraction of sp³-hybridized carbons (Fsp3) is 0.211. The Morgan fingerprint density at radius 2 is 1.84 bits per heavy atom. The molecule has 2 aromatic carbocycles. The van der Waals surface area contributed by atoms with Gasteiger partial charge in [0.25, 0.3) is 0 Å². The number of aryl methyl sites for hydroxylation is 1. The van der Waals surface area contributed by atoms with Crippen LogP contribution < -0.4 is 15.4 Å². The van der Waals surface area contributed by atoms with Gasteiger partial charge in [0.2, 0.25) is 0 Å². The minimum Gasteiger partial charge on any atom is -0.457 e. The molecular formula is C19H18N4O2. The van der Waals surface area contributed by atoms with Crippen LogP contribution in [0.1, 0.15) is 24.5 Å². The van der Waals surface area contributed by atoms with Gasteiger partial charge in [-0.25, -0.2) is 4.79 Å². The summed E-state index contributed by atoms with van der Waals surface area (Å²) in [7, 11) is 0. The van der Waals surface area contributed by atoms with Crippen molar-refractivity contribution in [2.45, 2.75) is 26.3 Å². The van der Waals surface area contributed by atoms with Crippen molar-refractivity contribution in [2.24, 2.45) is 0 Å². The summed E-state index contributed by atoms with van der Waals surface area (Å²) in [6.07, 6.45) is 0.254. The summed E-state index contributed by atoms with van der Waals surface area (Å²) < 4.78 is 5.74. The van der Waals surface area contributed by atoms with Crippen LogP contribution >= 0.6 is 0 Å². The molecule has 1 atom stereocenters. The summed E-state index contributed by atoms with van der Waals surface area (Å²) >= 11 is 0. The maximum Gasteiger partial charge on any atom is 0.319 e. The van der Waals surface area contributed by atoms with E-state index in [0.717, 1.165) is 5.56 Å². The molecule has 0 fully saturated rings. The highest BCUT2D eigenvalue weighted by molar-refractivity contribution is 5.90. The Hall–Kier alpha value is -3.51. The molecule has 2 amide bonds. The van der Waals surface area contributed by atoms with E-state index in [1.165, 1.54) is 0 Å². The predicted octanol–water partition coefficient (Wildman–Crippen LogP) is 4.08. The molecule has 25 heavy (non-hydrogen) atoms. The lowest BCUT2D eigenvalue weighted by Crippen LogP contribution is -2.35. The van der Waals surface area contributed by atoms with Crippen molar-refractivity contribution < 1.29 is 9.53 Å². The van der Waals surface area contributed by atoms with Crippen molar-refractivity contribution in [1.82, 2.24) is 5.32 Å². The summed E-state index contributed by atoms with van der Waals surface area (Å²) in [5.74, 6) is 1.26. The highest BCUT2D eigenvalue weighted by Gasteiger charge is 2.09. The zero-order chi connectivity index (χ0) is 18.2. The smallest absolute Gasteiger partial charge is 0.319 e. The van der Waals surface area contributed by atoms with Gasteiger partial charge in [-0.05, 0) is 61.9 Å². The molecule has 0 saturated carbocycles. The van der Waals surface area contributed by atoms with Crippen LogP contribution in [0.2, 0.25) is 0 Å². The molecular weight excluding hydrogens is 316 g/mol. The number of nitrogens with one attached hydrogen (secondary N) is 2. The number of benzene rings is 2. The number of nitrogens with zero attached hydrogens (tertiary/aromatic N) is 2. The topological polar surface area (TPSA) is 97.9 Å². The van der Waals surface area contributed by atoms with E-state index >= 15 is 0 Å². The number of amides is 2. The van der Waals surface area contributed by atoms with Crippen LogP contribution in [0.5, 0.6) is 11.5 Å². The predicted molar refractivity (Wildman–Crippen MR) is 94.3 cm³/mol. The second kappa shape index (κ2) is 8.37. The number of rotatable bonds is 5. The van der Waals surface area contributed by atoms with Gasteiger partial charge in [0.1, 0.15) is 11.5 Å². The number of hydrogen-bond donors (Lipinski definition) is 2. The van der Waals surface area contributed by atoms with E-state index in [0.29, 0.717) is 22.7 Å². The normalized spacial score (nSPS) is 10.9. The van der Waals surface area contributed by atoms with Crippen molar-refractivity contribution in [3.63, 3.8) is 0 Å². The number of carbonyl (C=O) groups excluding carboxylic acids is 1. The van der Waals surface area contributed by atoms with Crippen molar-refractivity contribution in [1.29, 1.82) is 10.5 Å². The van der Waals surface area contributed by atoms with Crippen LogP contribution in [0.15, 0.2) is 42.5 Å². The maximum atomic E-state index is 11.9. The molecule has 0 spiro atoms. The number of carbonyl (C=O) groups is 1. The Bertz CT molecular complexity index is 832. The minimum atomic E-state index is -0.355. The molecule has 126 valence electrons. The van der Waals surface area contributed by atoms with Gasteiger partial charge < -0.3 is 15.4 Å². The van der Waals surface area contributed by atoms with Crippen LogP contribution in [0.25, 0.3) is 0 Å². The monoisotopic (exact) mass is 334 g/mol. The van der Waals surface area contributed by atoms with Crippen LogP contribution in [-0.2, 0) is 0 Å². The average molecular weight is 334 g/mol. The van der Waals surface area contributed by atoms with Crippen LogP contribution in [0, 0.1) is 29.6 Å². The Morgan fingerprint density at radius 1 is 1.16 bits per heavy atom. The first-order chi connectivity index (χ1) is 12.0. The SMILES string of the molecule is Cc1cc(Oc2ccc(C#N)cc2)ccc1NC(=O)N[C@@H](C)CC#N. The molecule has 6 heteroatoms. The second-order valence-corrected chi connectivity index (χ2v) is 5.58. The van der Waals surface area contributed by atoms with E-state index < -0.39 is 0 Å². The van der Waals surface area contributed by atoms with Crippen LogP contribution in [0.3, 0.4) is 0 Å². The zero-order valence-corrected chi connectivity index (χ0v) is 14.0. The summed E-state index contributed by atoms with van der Waals surface area (Å²) in [6, 6.07) is 15.6. The molecule has 0 aromatic heterocycles. The van der Waals surface area contributed by atoms with E-state index in [1.807, 2.05) is 19.1 Å². The summed E-state index contributed by atoms with van der Waals surface area (Å²) in [5, 5.41) is 22.9. The second-order valence-electron chi connectivity index (χ2n) is 5.58. The largest absolute Gasteiger partial charge is 0.457 e. The lowest BCUT2D eigenvalue weighted by atomic mass is 10.2. The first-order valence-electron chi connectivity index (χ1n) is 7.75. The van der Waals surface area contributed by atoms with E-state index in [2.05, 4.69) is 16.7 Å². The van der Waals surface area contributed by atoms with Crippen LogP contribution in [0.4, 0.5) is 10.5 Å². The molecule has 0 heterocycles. The van der Waals surface area contributed by atoms with Gasteiger partial charge in [0.15, 0.2) is 0 Å². The zero-order valence-electron chi connectivity index (χ0n) is 14.0. The molecule has 0 unspecified atom stereocenters. The van der Waals surface area contributed by atoms with Gasteiger partial charge in [-0.3, -0.25) is 0 Å². The Kier molecular flexibility index (Phi) is 5.97. The minimum absolute atomic E-state index is 0.218. The molecule has 0 aliphatic carbocycles. The number of hydrogen-bond acceptors (Lipinski definition) is 4. The van der Waals surface area contributed by atoms with Gasteiger partial charge in [0, 0.05) is 11.7 Å². The van der Waals surface area contributed by atoms with Crippen molar-refractivity contribution in [3.05, 3.63) is 53.6 Å². The third-order valence-electron chi connectivity index (χ3n) is 3.44. The third kappa shape index (κ3) is 5.26. The van der Waals surface area contributed by atoms with Gasteiger partial charge in [-0.2, -0.15) is 10.5 Å². The summed E-state index contributed by atoms with van der Waals surface area (Å²) in [6.45, 7) is 3.63. The fourth-order valence-corrected chi connectivity index (χ4v) is 2.14. The lowest BCUT2D eigenvalue weighted by Gasteiger charge is -2.14. The van der Waals surface area contributed by atoms with Gasteiger partial charge in [-0.15, -0.1) is 0 Å². The summed E-state index contributed by atoms with van der Waals surface area (Å²) in [4.78, 5) is 11.9. The Balaban J connectivity index is 2.01. The van der Waals surface area contributed by atoms with Crippen molar-refractivity contribution in [2.75, 3.05) is 5.32 Å². The van der Waals surface area contributed by atoms with Gasteiger partial charge in [0.05, 0.1) is 24.1 Å². The maximum absolute atomic E-state index is 11.9. The molecule has 0 saturated heterocycles. The first kappa shape index (κ1) is 17.8. The third-order valence-corrected chi connectivity index (χ3v) is 3.44. The standard InChI is InChI=1S/C19H18N4O2/c1-13-11-17(25-16-5-3-15(12-21)4-6-16)7-8-18(13)23-19(24)22-14(2)9-10-20/h3-8,11,14H,9H2,1-2H3,(H2,22,23,24)/t14-/m0/s1. The van der Waals surface area contributed by atoms with E-state index in [4.69, 9.17) is 15.3 Å². The molecule has 2 rings (SSSR count). The quantitative estimate of drug-likeness (QED) is 0.860. The highest BCUT2D eigenvalue weighted by atomic mass is 16.5. The van der Waals surface area contributed by atoms with Gasteiger partial charge >= 0.3 is 6.03 Å². The number of nitriles is 2. The Morgan fingerprint density at radius 3 is 2.44 bits per heavy atom. The molecule has 0 radical (unpaired) electrons.